The second-order valence-electron chi connectivity index (χ2n) is 9.88. The maximum absolute atomic E-state index is 14.4. The van der Waals surface area contributed by atoms with E-state index in [1.807, 2.05) is 12.1 Å². The lowest BCUT2D eigenvalue weighted by Crippen LogP contribution is -2.28. The molecule has 11 heteroatoms. The van der Waals surface area contributed by atoms with Gasteiger partial charge in [-0.2, -0.15) is 4.98 Å². The Morgan fingerprint density at radius 2 is 1.77 bits per heavy atom. The summed E-state index contributed by atoms with van der Waals surface area (Å²) in [6.45, 7) is 0.749. The van der Waals surface area contributed by atoms with Crippen molar-refractivity contribution in [3.8, 4) is 11.1 Å². The van der Waals surface area contributed by atoms with E-state index < -0.39 is 15.4 Å². The smallest absolute Gasteiger partial charge is 0.240 e. The van der Waals surface area contributed by atoms with Crippen molar-refractivity contribution in [3.63, 3.8) is 0 Å². The summed E-state index contributed by atoms with van der Waals surface area (Å²) >= 11 is 0. The van der Waals surface area contributed by atoms with Gasteiger partial charge in [-0.3, -0.25) is 4.79 Å². The number of fused-ring (bicyclic) bond motifs is 4. The molecule has 3 aromatic carbocycles. The molecule has 1 aliphatic heterocycles. The van der Waals surface area contributed by atoms with Gasteiger partial charge in [-0.05, 0) is 61.2 Å². The van der Waals surface area contributed by atoms with Gasteiger partial charge in [0.05, 0.1) is 10.3 Å². The Morgan fingerprint density at radius 3 is 2.55 bits per heavy atom. The number of benzene rings is 3. The van der Waals surface area contributed by atoms with E-state index in [0.29, 0.717) is 54.5 Å². The minimum atomic E-state index is -3.63. The fraction of sp³-hybridized carbons (Fsp3) is 0.207. The fourth-order valence-electron chi connectivity index (χ4n) is 4.82. The highest BCUT2D eigenvalue weighted by Crippen LogP contribution is 2.49. The predicted octanol–water partition coefficient (Wildman–Crippen LogP) is 4.79. The Labute approximate surface area is 231 Å². The third-order valence-electron chi connectivity index (χ3n) is 7.16. The molecule has 4 N–H and O–H groups in total. The Kier molecular flexibility index (Phi) is 6.68. The quantitative estimate of drug-likeness (QED) is 0.284. The molecule has 0 radical (unpaired) electrons. The van der Waals surface area contributed by atoms with Crippen LogP contribution in [0.5, 0.6) is 0 Å². The highest BCUT2D eigenvalue weighted by atomic mass is 32.2. The van der Waals surface area contributed by atoms with Gasteiger partial charge in [0.1, 0.15) is 11.6 Å². The van der Waals surface area contributed by atoms with Crippen LogP contribution in [0.15, 0.2) is 83.9 Å². The van der Waals surface area contributed by atoms with Gasteiger partial charge in [0.2, 0.25) is 21.9 Å². The van der Waals surface area contributed by atoms with Crippen molar-refractivity contribution in [1.82, 2.24) is 14.7 Å². The van der Waals surface area contributed by atoms with Crippen LogP contribution in [0.4, 0.5) is 27.5 Å². The number of hydrogen-bond donors (Lipinski definition) is 4. The molecule has 40 heavy (non-hydrogen) atoms. The summed E-state index contributed by atoms with van der Waals surface area (Å²) in [7, 11) is -3.63. The standard InChI is InChI=1S/C29H27FN6O3S/c30-25-8-2-1-7-24(25)29(13-14-29)27(37)34-20-11-9-19(10-12-20)23-18-32-28-35-21-5-3-6-22(17-21)40(38,39)33-16-4-15-31-26(23)36-28/h1-3,5-12,17-18,33H,4,13-16H2,(H,34,37)(H2,31,32,35,36). The molecule has 204 valence electrons. The van der Waals surface area contributed by atoms with Gasteiger partial charge in [0.15, 0.2) is 0 Å². The minimum Gasteiger partial charge on any atom is -0.369 e. The first-order valence-corrected chi connectivity index (χ1v) is 14.5. The van der Waals surface area contributed by atoms with Crippen molar-refractivity contribution in [2.75, 3.05) is 29.0 Å². The van der Waals surface area contributed by atoms with Crippen LogP contribution in [0, 0.1) is 5.82 Å². The monoisotopic (exact) mass is 558 g/mol. The first-order valence-electron chi connectivity index (χ1n) is 13.0. The van der Waals surface area contributed by atoms with E-state index in [4.69, 9.17) is 0 Å². The minimum absolute atomic E-state index is 0.162. The largest absolute Gasteiger partial charge is 0.369 e. The summed E-state index contributed by atoms with van der Waals surface area (Å²) in [6, 6.07) is 20.2. The van der Waals surface area contributed by atoms with Gasteiger partial charge in [-0.25, -0.2) is 22.5 Å². The van der Waals surface area contributed by atoms with E-state index in [-0.39, 0.29) is 23.2 Å². The molecule has 0 spiro atoms. The molecule has 1 amide bonds. The average Bonchev–Trinajstić information content (AvgIpc) is 3.76. The van der Waals surface area contributed by atoms with Gasteiger partial charge < -0.3 is 16.0 Å². The van der Waals surface area contributed by atoms with E-state index in [1.54, 1.807) is 48.7 Å². The van der Waals surface area contributed by atoms with Gasteiger partial charge in [-0.1, -0.05) is 36.4 Å². The Morgan fingerprint density at radius 1 is 0.975 bits per heavy atom. The molecule has 4 bridgehead atoms. The molecule has 1 saturated carbocycles. The predicted molar refractivity (Wildman–Crippen MR) is 151 cm³/mol. The van der Waals surface area contributed by atoms with Crippen molar-refractivity contribution < 1.29 is 17.6 Å². The molecule has 2 heterocycles. The first kappa shape index (κ1) is 25.9. The number of rotatable bonds is 4. The van der Waals surface area contributed by atoms with Crippen LogP contribution in [0.1, 0.15) is 24.8 Å². The number of carbonyl (C=O) groups is 1. The third-order valence-corrected chi connectivity index (χ3v) is 8.61. The van der Waals surface area contributed by atoms with Crippen LogP contribution in [0.3, 0.4) is 0 Å². The number of aromatic nitrogens is 2. The van der Waals surface area contributed by atoms with E-state index in [1.165, 1.54) is 18.2 Å². The summed E-state index contributed by atoms with van der Waals surface area (Å²) in [6.07, 6.45) is 3.45. The molecule has 2 aliphatic rings. The zero-order valence-corrected chi connectivity index (χ0v) is 22.3. The fourth-order valence-corrected chi connectivity index (χ4v) is 5.94. The van der Waals surface area contributed by atoms with Crippen molar-refractivity contribution in [2.24, 2.45) is 0 Å². The molecule has 9 nitrogen and oxygen atoms in total. The van der Waals surface area contributed by atoms with Crippen LogP contribution >= 0.6 is 0 Å². The number of nitrogens with zero attached hydrogens (tertiary/aromatic N) is 2. The van der Waals surface area contributed by atoms with Crippen LogP contribution in [0.2, 0.25) is 0 Å². The Hall–Kier alpha value is -4.35. The van der Waals surface area contributed by atoms with Gasteiger partial charge in [0, 0.05) is 41.8 Å². The van der Waals surface area contributed by atoms with Crippen molar-refractivity contribution in [3.05, 3.63) is 90.4 Å². The van der Waals surface area contributed by atoms with Crippen molar-refractivity contribution in [1.29, 1.82) is 0 Å². The van der Waals surface area contributed by atoms with Crippen molar-refractivity contribution >= 4 is 39.1 Å². The summed E-state index contributed by atoms with van der Waals surface area (Å²) in [4.78, 5) is 22.4. The molecule has 1 aromatic heterocycles. The summed E-state index contributed by atoms with van der Waals surface area (Å²) in [5, 5.41) is 9.31. The van der Waals surface area contributed by atoms with E-state index in [0.717, 1.165) is 11.1 Å². The maximum Gasteiger partial charge on any atom is 0.240 e. The van der Waals surface area contributed by atoms with E-state index in [2.05, 4.69) is 30.6 Å². The zero-order chi connectivity index (χ0) is 27.7. The van der Waals surface area contributed by atoms with Gasteiger partial charge in [0.25, 0.3) is 0 Å². The van der Waals surface area contributed by atoms with Crippen molar-refractivity contribution in [2.45, 2.75) is 29.6 Å². The number of halogens is 1. The van der Waals surface area contributed by atoms with E-state index in [9.17, 15) is 17.6 Å². The molecule has 0 unspecified atom stereocenters. The maximum atomic E-state index is 14.4. The van der Waals surface area contributed by atoms with Crippen LogP contribution in [-0.4, -0.2) is 37.4 Å². The summed E-state index contributed by atoms with van der Waals surface area (Å²) < 4.78 is 42.2. The molecular formula is C29H27FN6O3S. The summed E-state index contributed by atoms with van der Waals surface area (Å²) in [5.41, 5.74) is 2.33. The number of hydrogen-bond acceptors (Lipinski definition) is 7. The normalized spacial score (nSPS) is 17.1. The number of nitrogens with one attached hydrogen (secondary N) is 4. The second-order valence-corrected chi connectivity index (χ2v) is 11.6. The van der Waals surface area contributed by atoms with Gasteiger partial charge in [-0.15, -0.1) is 0 Å². The highest BCUT2D eigenvalue weighted by Gasteiger charge is 2.52. The lowest BCUT2D eigenvalue weighted by atomic mass is 9.94. The van der Waals surface area contributed by atoms with Crippen LogP contribution in [-0.2, 0) is 20.2 Å². The number of carbonyl (C=O) groups excluding carboxylic acids is 1. The third kappa shape index (κ3) is 5.13. The van der Waals surface area contributed by atoms with Gasteiger partial charge >= 0.3 is 0 Å². The van der Waals surface area contributed by atoms with Crippen LogP contribution < -0.4 is 20.7 Å². The molecule has 6 rings (SSSR count). The topological polar surface area (TPSA) is 125 Å². The summed E-state index contributed by atoms with van der Waals surface area (Å²) in [5.74, 6) is 0.322. The molecule has 1 aliphatic carbocycles. The van der Waals surface area contributed by atoms with Crippen LogP contribution in [0.25, 0.3) is 11.1 Å². The number of amides is 1. The lowest BCUT2D eigenvalue weighted by Gasteiger charge is -2.17. The number of anilines is 4. The number of sulfonamides is 1. The molecule has 0 saturated heterocycles. The highest BCUT2D eigenvalue weighted by molar-refractivity contribution is 7.89. The SMILES string of the molecule is O=C(Nc1ccc(-c2cnc3nc2NCCCNS(=O)(=O)c2cccc(c2)N3)cc1)C1(c2ccccc2F)CC1. The Balaban J connectivity index is 1.23. The average molecular weight is 559 g/mol. The Bertz CT molecular complexity index is 1690. The first-order chi connectivity index (χ1) is 19.3. The molecule has 4 aromatic rings. The lowest BCUT2D eigenvalue weighted by molar-refractivity contribution is -0.118. The zero-order valence-electron chi connectivity index (χ0n) is 21.4. The second kappa shape index (κ2) is 10.3. The molecule has 1 fully saturated rings. The molecule has 0 atom stereocenters. The van der Waals surface area contributed by atoms with E-state index >= 15 is 0 Å². The molecular weight excluding hydrogens is 531 g/mol.